The van der Waals surface area contributed by atoms with E-state index in [9.17, 15) is 9.59 Å². The first-order chi connectivity index (χ1) is 11.6. The van der Waals surface area contributed by atoms with E-state index in [1.807, 2.05) is 37.3 Å². The van der Waals surface area contributed by atoms with E-state index in [1.165, 1.54) is 11.8 Å². The number of benzene rings is 2. The molecule has 0 saturated carbocycles. The molecule has 2 aromatic rings. The summed E-state index contributed by atoms with van der Waals surface area (Å²) < 4.78 is 5.19. The third-order valence-electron chi connectivity index (χ3n) is 3.72. The molecule has 0 aliphatic heterocycles. The zero-order chi connectivity index (χ0) is 17.5. The molecule has 5 heteroatoms. The molecule has 0 N–H and O–H groups in total. The Balaban J connectivity index is 2.23. The molecule has 2 aromatic carbocycles. The van der Waals surface area contributed by atoms with Crippen LogP contribution in [-0.2, 0) is 9.59 Å². The topological polar surface area (TPSA) is 49.9 Å². The molecule has 0 radical (unpaired) electrons. The number of rotatable bonds is 6. The predicted octanol–water partition coefficient (Wildman–Crippen LogP) is 3.10. The van der Waals surface area contributed by atoms with Crippen LogP contribution in [0.5, 0.6) is 5.75 Å². The molecular weight excluding hydrogens is 304 g/mol. The van der Waals surface area contributed by atoms with Crippen LogP contribution in [0, 0.1) is 0 Å². The summed E-state index contributed by atoms with van der Waals surface area (Å²) in [5.41, 5.74) is 1.46. The standard InChI is InChI=1S/C19H22N2O3/c1-4-20(16-9-6-5-7-10-16)19(23)14-21(15(2)22)17-11-8-12-18(13-17)24-3/h5-13H,4,14H2,1-3H3. The van der Waals surface area contributed by atoms with Crippen molar-refractivity contribution in [2.24, 2.45) is 0 Å². The van der Waals surface area contributed by atoms with Crippen molar-refractivity contribution >= 4 is 23.2 Å². The van der Waals surface area contributed by atoms with E-state index >= 15 is 0 Å². The molecule has 24 heavy (non-hydrogen) atoms. The van der Waals surface area contributed by atoms with Crippen molar-refractivity contribution in [2.45, 2.75) is 13.8 Å². The van der Waals surface area contributed by atoms with Gasteiger partial charge < -0.3 is 14.5 Å². The van der Waals surface area contributed by atoms with Crippen LogP contribution in [-0.4, -0.2) is 32.0 Å². The second-order valence-electron chi connectivity index (χ2n) is 5.28. The minimum atomic E-state index is -0.194. The molecule has 0 bridgehead atoms. The minimum absolute atomic E-state index is 0.0226. The number of likely N-dealkylation sites (N-methyl/N-ethyl adjacent to an activating group) is 1. The summed E-state index contributed by atoms with van der Waals surface area (Å²) in [5, 5.41) is 0. The smallest absolute Gasteiger partial charge is 0.247 e. The molecule has 0 aromatic heterocycles. The fourth-order valence-corrected chi connectivity index (χ4v) is 2.49. The predicted molar refractivity (Wildman–Crippen MR) is 95.5 cm³/mol. The van der Waals surface area contributed by atoms with Gasteiger partial charge in [0.05, 0.1) is 7.11 Å². The molecule has 2 rings (SSSR count). The van der Waals surface area contributed by atoms with Crippen LogP contribution in [0.25, 0.3) is 0 Å². The zero-order valence-electron chi connectivity index (χ0n) is 14.2. The van der Waals surface area contributed by atoms with Gasteiger partial charge in [0.2, 0.25) is 11.8 Å². The van der Waals surface area contributed by atoms with E-state index in [0.717, 1.165) is 5.69 Å². The second-order valence-corrected chi connectivity index (χ2v) is 5.28. The first-order valence-electron chi connectivity index (χ1n) is 7.84. The Morgan fingerprint density at radius 2 is 1.62 bits per heavy atom. The second kappa shape index (κ2) is 8.15. The maximum atomic E-state index is 12.7. The first kappa shape index (κ1) is 17.5. The van der Waals surface area contributed by atoms with Crippen molar-refractivity contribution in [3.8, 4) is 5.75 Å². The van der Waals surface area contributed by atoms with Gasteiger partial charge in [-0.15, -0.1) is 0 Å². The Kier molecular flexibility index (Phi) is 5.95. The van der Waals surface area contributed by atoms with Gasteiger partial charge >= 0.3 is 0 Å². The molecule has 0 aliphatic rings. The number of carbonyl (C=O) groups is 2. The summed E-state index contributed by atoms with van der Waals surface area (Å²) in [7, 11) is 1.57. The minimum Gasteiger partial charge on any atom is -0.497 e. The van der Waals surface area contributed by atoms with Gasteiger partial charge in [-0.1, -0.05) is 24.3 Å². The van der Waals surface area contributed by atoms with Gasteiger partial charge in [-0.2, -0.15) is 0 Å². The lowest BCUT2D eigenvalue weighted by atomic mass is 10.2. The van der Waals surface area contributed by atoms with Gasteiger partial charge in [0.1, 0.15) is 12.3 Å². The molecule has 0 spiro atoms. The van der Waals surface area contributed by atoms with Crippen LogP contribution in [0.15, 0.2) is 54.6 Å². The molecule has 0 unspecified atom stereocenters. The molecule has 0 aliphatic carbocycles. The van der Waals surface area contributed by atoms with Gasteiger partial charge in [0.15, 0.2) is 0 Å². The number of hydrogen-bond acceptors (Lipinski definition) is 3. The average molecular weight is 326 g/mol. The van der Waals surface area contributed by atoms with Gasteiger partial charge in [0.25, 0.3) is 0 Å². The third-order valence-corrected chi connectivity index (χ3v) is 3.72. The fraction of sp³-hybridized carbons (Fsp3) is 0.263. The molecule has 0 fully saturated rings. The molecule has 2 amide bonds. The normalized spacial score (nSPS) is 10.1. The molecule has 5 nitrogen and oxygen atoms in total. The molecule has 0 atom stereocenters. The van der Waals surface area contributed by atoms with E-state index in [4.69, 9.17) is 4.74 Å². The van der Waals surface area contributed by atoms with Gasteiger partial charge in [-0.25, -0.2) is 0 Å². The maximum Gasteiger partial charge on any atom is 0.247 e. The summed E-state index contributed by atoms with van der Waals surface area (Å²) in [6.07, 6.45) is 0. The van der Waals surface area contributed by atoms with Crippen LogP contribution >= 0.6 is 0 Å². The number of carbonyl (C=O) groups excluding carboxylic acids is 2. The lowest BCUT2D eigenvalue weighted by Crippen LogP contribution is -2.42. The van der Waals surface area contributed by atoms with Crippen LogP contribution in [0.1, 0.15) is 13.8 Å². The third kappa shape index (κ3) is 4.13. The van der Waals surface area contributed by atoms with Crippen molar-refractivity contribution in [3.63, 3.8) is 0 Å². The van der Waals surface area contributed by atoms with Gasteiger partial charge in [-0.3, -0.25) is 9.59 Å². The van der Waals surface area contributed by atoms with Crippen molar-refractivity contribution in [2.75, 3.05) is 30.0 Å². The van der Waals surface area contributed by atoms with E-state index in [1.54, 1.807) is 36.3 Å². The molecular formula is C19H22N2O3. The molecule has 0 heterocycles. The van der Waals surface area contributed by atoms with Crippen LogP contribution in [0.3, 0.4) is 0 Å². The van der Waals surface area contributed by atoms with E-state index in [0.29, 0.717) is 18.0 Å². The highest BCUT2D eigenvalue weighted by Crippen LogP contribution is 2.22. The Morgan fingerprint density at radius 3 is 2.21 bits per heavy atom. The highest BCUT2D eigenvalue weighted by atomic mass is 16.5. The van der Waals surface area contributed by atoms with E-state index in [2.05, 4.69) is 0 Å². The summed E-state index contributed by atoms with van der Waals surface area (Å²) in [4.78, 5) is 27.9. The number of ether oxygens (including phenoxy) is 1. The first-order valence-corrected chi connectivity index (χ1v) is 7.84. The summed E-state index contributed by atoms with van der Waals surface area (Å²) >= 11 is 0. The summed E-state index contributed by atoms with van der Waals surface area (Å²) in [6.45, 7) is 3.87. The average Bonchev–Trinajstić information content (AvgIpc) is 2.61. The van der Waals surface area contributed by atoms with Crippen molar-refractivity contribution < 1.29 is 14.3 Å². The Morgan fingerprint density at radius 1 is 0.958 bits per heavy atom. The number of nitrogens with zero attached hydrogens (tertiary/aromatic N) is 2. The van der Waals surface area contributed by atoms with Crippen LogP contribution in [0.4, 0.5) is 11.4 Å². The SMILES string of the molecule is CCN(C(=O)CN(C(C)=O)c1cccc(OC)c1)c1ccccc1. The number of anilines is 2. The Hall–Kier alpha value is -2.82. The maximum absolute atomic E-state index is 12.7. The number of methoxy groups -OCH3 is 1. The zero-order valence-corrected chi connectivity index (χ0v) is 14.2. The monoisotopic (exact) mass is 326 g/mol. The van der Waals surface area contributed by atoms with Crippen molar-refractivity contribution in [1.29, 1.82) is 0 Å². The lowest BCUT2D eigenvalue weighted by Gasteiger charge is -2.26. The van der Waals surface area contributed by atoms with Crippen LogP contribution in [0.2, 0.25) is 0 Å². The number of para-hydroxylation sites is 1. The summed E-state index contributed by atoms with van der Waals surface area (Å²) in [5.74, 6) is 0.309. The molecule has 126 valence electrons. The lowest BCUT2D eigenvalue weighted by molar-refractivity contribution is -0.121. The van der Waals surface area contributed by atoms with Crippen molar-refractivity contribution in [3.05, 3.63) is 54.6 Å². The number of hydrogen-bond donors (Lipinski definition) is 0. The largest absolute Gasteiger partial charge is 0.497 e. The van der Waals surface area contributed by atoms with Crippen LogP contribution < -0.4 is 14.5 Å². The van der Waals surface area contributed by atoms with Gasteiger partial charge in [0, 0.05) is 30.9 Å². The Labute approximate surface area is 142 Å². The molecule has 0 saturated heterocycles. The van der Waals surface area contributed by atoms with Crippen molar-refractivity contribution in [1.82, 2.24) is 0 Å². The van der Waals surface area contributed by atoms with E-state index < -0.39 is 0 Å². The fourth-order valence-electron chi connectivity index (χ4n) is 2.49. The number of amides is 2. The van der Waals surface area contributed by atoms with E-state index in [-0.39, 0.29) is 18.4 Å². The summed E-state index contributed by atoms with van der Waals surface area (Å²) in [6, 6.07) is 16.6. The highest BCUT2D eigenvalue weighted by molar-refractivity contribution is 6.03. The quantitative estimate of drug-likeness (QED) is 0.819. The highest BCUT2D eigenvalue weighted by Gasteiger charge is 2.21. The Bertz CT molecular complexity index is 701. The van der Waals surface area contributed by atoms with Gasteiger partial charge in [-0.05, 0) is 31.2 Å².